The first-order valence-electron chi connectivity index (χ1n) is 4.53. The molecule has 88 valence electrons. The average Bonchev–Trinajstić information content (AvgIpc) is 2.17. The molecular formula is C11H13Cl2NO2. The molecule has 0 radical (unpaired) electrons. The molecule has 0 unspecified atom stereocenters. The van der Waals surface area contributed by atoms with Crippen molar-refractivity contribution >= 4 is 41.7 Å². The van der Waals surface area contributed by atoms with Crippen molar-refractivity contribution in [1.82, 2.24) is 0 Å². The number of hydrogen-bond donors (Lipinski definition) is 1. The maximum atomic E-state index is 11.0. The highest BCUT2D eigenvalue weighted by atomic mass is 35.5. The Bertz CT molecular complexity index is 392. The van der Waals surface area contributed by atoms with E-state index in [9.17, 15) is 4.79 Å². The second-order valence-corrected chi connectivity index (χ2v) is 3.30. The Kier molecular flexibility index (Phi) is 6.61. The summed E-state index contributed by atoms with van der Waals surface area (Å²) < 4.78 is 4.73. The molecule has 0 atom stereocenters. The van der Waals surface area contributed by atoms with E-state index in [0.717, 1.165) is 5.56 Å². The van der Waals surface area contributed by atoms with Crippen LogP contribution in [0.1, 0.15) is 12.5 Å². The Balaban J connectivity index is 0.00000225. The molecule has 0 fully saturated rings. The van der Waals surface area contributed by atoms with E-state index < -0.39 is 0 Å². The summed E-state index contributed by atoms with van der Waals surface area (Å²) in [6.07, 6.45) is 2.94. The highest BCUT2D eigenvalue weighted by Gasteiger charge is 1.98. The maximum Gasteiger partial charge on any atom is 0.330 e. The fourth-order valence-electron chi connectivity index (χ4n) is 1.05. The summed E-state index contributed by atoms with van der Waals surface area (Å²) in [5.41, 5.74) is 6.97. The first-order chi connectivity index (χ1) is 7.13. The number of hydrogen-bond acceptors (Lipinski definition) is 3. The van der Waals surface area contributed by atoms with Gasteiger partial charge in [-0.15, -0.1) is 12.4 Å². The summed E-state index contributed by atoms with van der Waals surface area (Å²) in [7, 11) is 0. The molecule has 2 N–H and O–H groups in total. The van der Waals surface area contributed by atoms with Crippen LogP contribution in [0.3, 0.4) is 0 Å². The van der Waals surface area contributed by atoms with Crippen molar-refractivity contribution in [3.05, 3.63) is 34.9 Å². The van der Waals surface area contributed by atoms with E-state index in [-0.39, 0.29) is 18.4 Å². The lowest BCUT2D eigenvalue weighted by Gasteiger charge is -2.00. The van der Waals surface area contributed by atoms with Crippen molar-refractivity contribution in [2.24, 2.45) is 0 Å². The fraction of sp³-hybridized carbons (Fsp3) is 0.182. The standard InChI is InChI=1S/C11H12ClNO2.ClH/c1-2-15-11(14)6-4-8-3-5-9(12)7-10(8)13;/h3-7H,2,13H2,1H3;1H. The third kappa shape index (κ3) is 4.55. The molecule has 0 heterocycles. The molecular weight excluding hydrogens is 249 g/mol. The van der Waals surface area contributed by atoms with Gasteiger partial charge in [-0.3, -0.25) is 0 Å². The van der Waals surface area contributed by atoms with Gasteiger partial charge in [0.25, 0.3) is 0 Å². The van der Waals surface area contributed by atoms with Crippen LogP contribution in [-0.2, 0) is 9.53 Å². The van der Waals surface area contributed by atoms with E-state index in [4.69, 9.17) is 22.1 Å². The van der Waals surface area contributed by atoms with E-state index in [1.165, 1.54) is 6.08 Å². The Labute approximate surface area is 106 Å². The van der Waals surface area contributed by atoms with Crippen molar-refractivity contribution in [3.8, 4) is 0 Å². The van der Waals surface area contributed by atoms with Gasteiger partial charge in [-0.2, -0.15) is 0 Å². The number of rotatable bonds is 3. The minimum Gasteiger partial charge on any atom is -0.463 e. The number of nitrogen functional groups attached to an aromatic ring is 1. The molecule has 1 aromatic rings. The third-order valence-corrected chi connectivity index (χ3v) is 1.97. The van der Waals surface area contributed by atoms with Crippen LogP contribution in [0.4, 0.5) is 5.69 Å². The Hall–Kier alpha value is -1.19. The number of benzene rings is 1. The minimum absolute atomic E-state index is 0. The van der Waals surface area contributed by atoms with Gasteiger partial charge in [-0.05, 0) is 30.7 Å². The second-order valence-electron chi connectivity index (χ2n) is 2.86. The molecule has 0 spiro atoms. The summed E-state index contributed by atoms with van der Waals surface area (Å²) in [6, 6.07) is 5.09. The Morgan fingerprint density at radius 3 is 2.81 bits per heavy atom. The van der Waals surface area contributed by atoms with Gasteiger partial charge in [0.15, 0.2) is 0 Å². The van der Waals surface area contributed by atoms with Crippen LogP contribution in [0.5, 0.6) is 0 Å². The number of ether oxygens (including phenoxy) is 1. The van der Waals surface area contributed by atoms with E-state index in [1.807, 2.05) is 0 Å². The van der Waals surface area contributed by atoms with Gasteiger partial charge < -0.3 is 10.5 Å². The normalized spacial score (nSPS) is 9.88. The molecule has 0 saturated carbocycles. The van der Waals surface area contributed by atoms with E-state index in [2.05, 4.69) is 0 Å². The molecule has 0 aliphatic carbocycles. The largest absolute Gasteiger partial charge is 0.463 e. The monoisotopic (exact) mass is 261 g/mol. The number of anilines is 1. The molecule has 0 amide bonds. The Morgan fingerprint density at radius 1 is 1.56 bits per heavy atom. The third-order valence-electron chi connectivity index (χ3n) is 1.73. The maximum absolute atomic E-state index is 11.0. The minimum atomic E-state index is -0.383. The van der Waals surface area contributed by atoms with Crippen molar-refractivity contribution < 1.29 is 9.53 Å². The van der Waals surface area contributed by atoms with Gasteiger partial charge in [-0.1, -0.05) is 17.7 Å². The molecule has 16 heavy (non-hydrogen) atoms. The molecule has 3 nitrogen and oxygen atoms in total. The lowest BCUT2D eigenvalue weighted by Crippen LogP contribution is -1.99. The van der Waals surface area contributed by atoms with Crippen LogP contribution in [0, 0.1) is 0 Å². The first-order valence-corrected chi connectivity index (χ1v) is 4.91. The van der Waals surface area contributed by atoms with Crippen molar-refractivity contribution in [1.29, 1.82) is 0 Å². The predicted molar refractivity (Wildman–Crippen MR) is 68.8 cm³/mol. The van der Waals surface area contributed by atoms with Gasteiger partial charge in [0.1, 0.15) is 0 Å². The SMILES string of the molecule is CCOC(=O)C=Cc1ccc(Cl)cc1N.Cl. The van der Waals surface area contributed by atoms with Crippen LogP contribution in [-0.4, -0.2) is 12.6 Å². The highest BCUT2D eigenvalue weighted by molar-refractivity contribution is 6.30. The van der Waals surface area contributed by atoms with E-state index in [0.29, 0.717) is 17.3 Å². The van der Waals surface area contributed by atoms with Crippen molar-refractivity contribution in [2.45, 2.75) is 6.92 Å². The quantitative estimate of drug-likeness (QED) is 0.517. The zero-order chi connectivity index (χ0) is 11.3. The zero-order valence-electron chi connectivity index (χ0n) is 8.77. The number of carbonyl (C=O) groups excluding carboxylic acids is 1. The van der Waals surface area contributed by atoms with Crippen molar-refractivity contribution in [3.63, 3.8) is 0 Å². The Morgan fingerprint density at radius 2 is 2.25 bits per heavy atom. The molecule has 1 aromatic carbocycles. The van der Waals surface area contributed by atoms with Gasteiger partial charge in [0.2, 0.25) is 0 Å². The molecule has 0 bridgehead atoms. The molecule has 5 heteroatoms. The molecule has 0 aromatic heterocycles. The number of halogens is 2. The lowest BCUT2D eigenvalue weighted by molar-refractivity contribution is -0.137. The van der Waals surface area contributed by atoms with Gasteiger partial charge in [-0.25, -0.2) is 4.79 Å². The van der Waals surface area contributed by atoms with Crippen LogP contribution in [0.2, 0.25) is 5.02 Å². The summed E-state index contributed by atoms with van der Waals surface area (Å²) in [6.45, 7) is 2.11. The average molecular weight is 262 g/mol. The van der Waals surface area contributed by atoms with Gasteiger partial charge in [0.05, 0.1) is 6.61 Å². The highest BCUT2D eigenvalue weighted by Crippen LogP contribution is 2.18. The first kappa shape index (κ1) is 14.8. The molecule has 0 aliphatic heterocycles. The summed E-state index contributed by atoms with van der Waals surface area (Å²) in [4.78, 5) is 11.0. The van der Waals surface area contributed by atoms with Crippen molar-refractivity contribution in [2.75, 3.05) is 12.3 Å². The number of carbonyl (C=O) groups is 1. The van der Waals surface area contributed by atoms with Gasteiger partial charge >= 0.3 is 5.97 Å². The van der Waals surface area contributed by atoms with Crippen LogP contribution in [0.25, 0.3) is 6.08 Å². The smallest absolute Gasteiger partial charge is 0.330 e. The topological polar surface area (TPSA) is 52.3 Å². The molecule has 1 rings (SSSR count). The zero-order valence-corrected chi connectivity index (χ0v) is 10.3. The second kappa shape index (κ2) is 7.14. The summed E-state index contributed by atoms with van der Waals surface area (Å²) >= 11 is 5.73. The number of nitrogens with two attached hydrogens (primary N) is 1. The van der Waals surface area contributed by atoms with Crippen LogP contribution >= 0.6 is 24.0 Å². The predicted octanol–water partition coefficient (Wildman–Crippen LogP) is 2.92. The number of esters is 1. The summed E-state index contributed by atoms with van der Waals surface area (Å²) in [5, 5.41) is 0.570. The van der Waals surface area contributed by atoms with Crippen LogP contribution < -0.4 is 5.73 Å². The van der Waals surface area contributed by atoms with E-state index in [1.54, 1.807) is 31.2 Å². The molecule has 0 aliphatic rings. The van der Waals surface area contributed by atoms with Gasteiger partial charge in [0, 0.05) is 16.8 Å². The van der Waals surface area contributed by atoms with E-state index >= 15 is 0 Å². The lowest BCUT2D eigenvalue weighted by atomic mass is 10.1. The molecule has 0 saturated heterocycles. The fourth-order valence-corrected chi connectivity index (χ4v) is 1.23. The summed E-state index contributed by atoms with van der Waals surface area (Å²) in [5.74, 6) is -0.383. The van der Waals surface area contributed by atoms with Crippen LogP contribution in [0.15, 0.2) is 24.3 Å².